The van der Waals surface area contributed by atoms with Crippen molar-refractivity contribution in [1.82, 2.24) is 0 Å². The van der Waals surface area contributed by atoms with Gasteiger partial charge in [0.1, 0.15) is 0 Å². The molecule has 0 spiro atoms. The summed E-state index contributed by atoms with van der Waals surface area (Å²) >= 11 is 0. The Morgan fingerprint density at radius 2 is 2.25 bits per heavy atom. The summed E-state index contributed by atoms with van der Waals surface area (Å²) in [5, 5.41) is 9.26. The molecule has 1 unspecified atom stereocenters. The third kappa shape index (κ3) is 5.29. The van der Waals surface area contributed by atoms with Crippen molar-refractivity contribution in [2.24, 2.45) is 5.73 Å². The molecule has 0 heterocycles. The first-order valence-electron chi connectivity index (χ1n) is 4.15. The van der Waals surface area contributed by atoms with E-state index in [0.717, 1.165) is 0 Å². The Kier molecular flexibility index (Phi) is 5.13. The van der Waals surface area contributed by atoms with Crippen LogP contribution < -0.4 is 5.73 Å². The van der Waals surface area contributed by atoms with Crippen LogP contribution in [-0.2, 0) is 4.74 Å². The normalized spacial score (nSPS) is 14.3. The second-order valence-corrected chi connectivity index (χ2v) is 3.45. The van der Waals surface area contributed by atoms with Gasteiger partial charge in [0, 0.05) is 13.0 Å². The summed E-state index contributed by atoms with van der Waals surface area (Å²) in [4.78, 5) is 0. The summed E-state index contributed by atoms with van der Waals surface area (Å²) in [6.07, 6.45) is 1.76. The summed E-state index contributed by atoms with van der Waals surface area (Å²) in [6, 6.07) is 0. The van der Waals surface area contributed by atoms with Crippen LogP contribution in [0, 0.1) is 0 Å². The van der Waals surface area contributed by atoms with Crippen LogP contribution in [-0.4, -0.2) is 30.0 Å². The molecule has 0 rings (SSSR count). The van der Waals surface area contributed by atoms with Gasteiger partial charge in [-0.05, 0) is 13.8 Å². The molecule has 72 valence electrons. The smallest absolute Gasteiger partial charge is 0.0689 e. The first kappa shape index (κ1) is 11.6. The third-order valence-electron chi connectivity index (χ3n) is 1.59. The van der Waals surface area contributed by atoms with Gasteiger partial charge < -0.3 is 15.6 Å². The molecule has 0 aliphatic carbocycles. The van der Waals surface area contributed by atoms with Crippen molar-refractivity contribution in [3.63, 3.8) is 0 Å². The fourth-order valence-electron chi connectivity index (χ4n) is 0.994. The third-order valence-corrected chi connectivity index (χ3v) is 1.59. The van der Waals surface area contributed by atoms with Gasteiger partial charge in [0.2, 0.25) is 0 Å². The minimum absolute atomic E-state index is 0.279. The molecule has 0 aliphatic rings. The van der Waals surface area contributed by atoms with Crippen LogP contribution in [0.2, 0.25) is 0 Å². The Balaban J connectivity index is 3.76. The molecule has 0 bridgehead atoms. The van der Waals surface area contributed by atoms with Crippen LogP contribution in [0.1, 0.15) is 20.3 Å². The lowest BCUT2D eigenvalue weighted by molar-refractivity contribution is -0.0347. The van der Waals surface area contributed by atoms with Crippen LogP contribution in [0.3, 0.4) is 0 Å². The van der Waals surface area contributed by atoms with Crippen LogP contribution in [0.4, 0.5) is 0 Å². The number of nitrogens with two attached hydrogens (primary N) is 1. The number of hydrogen-bond acceptors (Lipinski definition) is 3. The van der Waals surface area contributed by atoms with E-state index in [1.807, 2.05) is 13.8 Å². The molecular formula is C9H19NO2. The Hall–Kier alpha value is -0.380. The standard InChI is InChI=1S/C9H19NO2/c1-4-5-12-9(2,3)6-8(11)7-10/h4,8,11H,1,5-7,10H2,2-3H3. The summed E-state index contributed by atoms with van der Waals surface area (Å²) in [5.41, 5.74) is 4.96. The molecule has 1 atom stereocenters. The zero-order chi connectivity index (χ0) is 9.61. The van der Waals surface area contributed by atoms with E-state index in [0.29, 0.717) is 13.0 Å². The molecule has 0 radical (unpaired) electrons. The minimum atomic E-state index is -0.482. The lowest BCUT2D eigenvalue weighted by Gasteiger charge is -2.26. The molecule has 0 amide bonds. The second kappa shape index (κ2) is 5.30. The van der Waals surface area contributed by atoms with Gasteiger partial charge in [0.25, 0.3) is 0 Å². The van der Waals surface area contributed by atoms with Crippen molar-refractivity contribution in [3.8, 4) is 0 Å². The van der Waals surface area contributed by atoms with Crippen molar-refractivity contribution >= 4 is 0 Å². The highest BCUT2D eigenvalue weighted by atomic mass is 16.5. The summed E-state index contributed by atoms with van der Waals surface area (Å²) in [6.45, 7) is 8.19. The quantitative estimate of drug-likeness (QED) is 0.581. The van der Waals surface area contributed by atoms with E-state index < -0.39 is 6.10 Å². The lowest BCUT2D eigenvalue weighted by Crippen LogP contribution is -2.33. The topological polar surface area (TPSA) is 55.5 Å². The highest BCUT2D eigenvalue weighted by Gasteiger charge is 2.21. The predicted octanol–water partition coefficient (Wildman–Crippen LogP) is 0.677. The highest BCUT2D eigenvalue weighted by Crippen LogP contribution is 2.16. The maximum atomic E-state index is 9.26. The van der Waals surface area contributed by atoms with Crippen molar-refractivity contribution in [2.75, 3.05) is 13.2 Å². The minimum Gasteiger partial charge on any atom is -0.392 e. The van der Waals surface area contributed by atoms with E-state index in [-0.39, 0.29) is 12.1 Å². The maximum Gasteiger partial charge on any atom is 0.0689 e. The van der Waals surface area contributed by atoms with Gasteiger partial charge in [-0.2, -0.15) is 0 Å². The predicted molar refractivity (Wildman–Crippen MR) is 49.9 cm³/mol. The van der Waals surface area contributed by atoms with Gasteiger partial charge in [-0.1, -0.05) is 6.08 Å². The van der Waals surface area contributed by atoms with E-state index in [1.165, 1.54) is 0 Å². The van der Waals surface area contributed by atoms with Crippen molar-refractivity contribution in [1.29, 1.82) is 0 Å². The van der Waals surface area contributed by atoms with Crippen LogP contribution in [0.25, 0.3) is 0 Å². The molecule has 3 N–H and O–H groups in total. The number of aliphatic hydroxyl groups is 1. The SMILES string of the molecule is C=CCOC(C)(C)CC(O)CN. The first-order valence-corrected chi connectivity index (χ1v) is 4.15. The fraction of sp³-hybridized carbons (Fsp3) is 0.778. The largest absolute Gasteiger partial charge is 0.392 e. The monoisotopic (exact) mass is 173 g/mol. The summed E-state index contributed by atoms with van der Waals surface area (Å²) in [5.74, 6) is 0. The lowest BCUT2D eigenvalue weighted by atomic mass is 10.0. The molecule has 0 aromatic heterocycles. The number of aliphatic hydroxyl groups excluding tert-OH is 1. The number of ether oxygens (including phenoxy) is 1. The molecule has 0 aromatic carbocycles. The zero-order valence-corrected chi connectivity index (χ0v) is 7.92. The van der Waals surface area contributed by atoms with Crippen molar-refractivity contribution in [3.05, 3.63) is 12.7 Å². The molecule has 12 heavy (non-hydrogen) atoms. The van der Waals surface area contributed by atoms with E-state index >= 15 is 0 Å². The van der Waals surface area contributed by atoms with E-state index in [1.54, 1.807) is 6.08 Å². The van der Waals surface area contributed by atoms with Gasteiger partial charge in [-0.3, -0.25) is 0 Å². The Labute approximate surface area is 74.2 Å². The van der Waals surface area contributed by atoms with Gasteiger partial charge in [0.05, 0.1) is 18.3 Å². The van der Waals surface area contributed by atoms with Gasteiger partial charge >= 0.3 is 0 Å². The molecular weight excluding hydrogens is 154 g/mol. The number of rotatable bonds is 6. The van der Waals surface area contributed by atoms with Crippen LogP contribution in [0.5, 0.6) is 0 Å². The summed E-state index contributed by atoms with van der Waals surface area (Å²) < 4.78 is 5.42. The molecule has 0 saturated carbocycles. The molecule has 0 saturated heterocycles. The van der Waals surface area contributed by atoms with Gasteiger partial charge in [-0.15, -0.1) is 6.58 Å². The van der Waals surface area contributed by atoms with Crippen LogP contribution in [0.15, 0.2) is 12.7 Å². The molecule has 0 aliphatic heterocycles. The average Bonchev–Trinajstić information content (AvgIpc) is 2.00. The Morgan fingerprint density at radius 1 is 1.67 bits per heavy atom. The first-order chi connectivity index (χ1) is 5.52. The average molecular weight is 173 g/mol. The van der Waals surface area contributed by atoms with E-state index in [9.17, 15) is 5.11 Å². The van der Waals surface area contributed by atoms with E-state index in [2.05, 4.69) is 6.58 Å². The van der Waals surface area contributed by atoms with Crippen molar-refractivity contribution in [2.45, 2.75) is 32.0 Å². The van der Waals surface area contributed by atoms with Crippen LogP contribution >= 0.6 is 0 Å². The summed E-state index contributed by atoms with van der Waals surface area (Å²) in [7, 11) is 0. The van der Waals surface area contributed by atoms with Crippen molar-refractivity contribution < 1.29 is 9.84 Å². The zero-order valence-electron chi connectivity index (χ0n) is 7.92. The molecule has 0 fully saturated rings. The second-order valence-electron chi connectivity index (χ2n) is 3.45. The maximum absolute atomic E-state index is 9.26. The molecule has 3 heteroatoms. The highest BCUT2D eigenvalue weighted by molar-refractivity contribution is 4.76. The Morgan fingerprint density at radius 3 is 2.67 bits per heavy atom. The number of hydrogen-bond donors (Lipinski definition) is 2. The van der Waals surface area contributed by atoms with Gasteiger partial charge in [0.15, 0.2) is 0 Å². The molecule has 0 aromatic rings. The van der Waals surface area contributed by atoms with E-state index in [4.69, 9.17) is 10.5 Å². The van der Waals surface area contributed by atoms with Gasteiger partial charge in [-0.25, -0.2) is 0 Å². The fourth-order valence-corrected chi connectivity index (χ4v) is 0.994. The molecule has 3 nitrogen and oxygen atoms in total. The Bertz CT molecular complexity index is 134.